The molecule has 1 aromatic carbocycles. The zero-order chi connectivity index (χ0) is 19.2. The number of carbonyl (C=O) groups excluding carboxylic acids is 1. The predicted octanol–water partition coefficient (Wildman–Crippen LogP) is 2.64. The Labute approximate surface area is 165 Å². The second-order valence-corrected chi connectivity index (χ2v) is 7.47. The van der Waals surface area contributed by atoms with Crippen molar-refractivity contribution in [3.8, 4) is 5.88 Å². The Balaban J connectivity index is 1.30. The summed E-state index contributed by atoms with van der Waals surface area (Å²) in [6.07, 6.45) is 4.36. The fraction of sp³-hybridized carbons (Fsp3) is 0.455. The Bertz CT molecular complexity index is 770. The zero-order valence-corrected chi connectivity index (χ0v) is 16.0. The highest BCUT2D eigenvalue weighted by Crippen LogP contribution is 2.20. The van der Waals surface area contributed by atoms with Gasteiger partial charge in [0.15, 0.2) is 0 Å². The van der Waals surface area contributed by atoms with Crippen molar-refractivity contribution in [1.29, 1.82) is 0 Å². The Morgan fingerprint density at radius 1 is 1.14 bits per heavy atom. The molecule has 6 heteroatoms. The van der Waals surface area contributed by atoms with E-state index in [0.29, 0.717) is 24.7 Å². The first-order valence-electron chi connectivity index (χ1n) is 10.0. The molecule has 3 heterocycles. The van der Waals surface area contributed by atoms with E-state index in [1.807, 2.05) is 6.07 Å². The maximum absolute atomic E-state index is 12.8. The van der Waals surface area contributed by atoms with E-state index in [0.717, 1.165) is 38.9 Å². The van der Waals surface area contributed by atoms with Gasteiger partial charge >= 0.3 is 0 Å². The maximum atomic E-state index is 12.8. The molecule has 1 atom stereocenters. The van der Waals surface area contributed by atoms with E-state index < -0.39 is 0 Å². The van der Waals surface area contributed by atoms with Gasteiger partial charge in [0.25, 0.3) is 5.91 Å². The number of carbonyl (C=O) groups is 1. The SMILES string of the molecule is O=C(NC1CCN(Cc2ccccc2)CC1)c1cccnc1O[C@@H]1CCOC1. The van der Waals surface area contributed by atoms with Gasteiger partial charge in [-0.1, -0.05) is 30.3 Å². The minimum atomic E-state index is -0.108. The molecule has 0 unspecified atom stereocenters. The molecular weight excluding hydrogens is 354 g/mol. The standard InChI is InChI=1S/C22H27N3O3/c26-21(20-7-4-11-23-22(20)28-19-10-14-27-16-19)24-18-8-12-25(13-9-18)15-17-5-2-1-3-6-17/h1-7,11,18-19H,8-10,12-16H2,(H,24,26)/t19-/m1/s1. The van der Waals surface area contributed by atoms with Crippen molar-refractivity contribution in [3.05, 3.63) is 59.8 Å². The molecule has 2 aliphatic heterocycles. The topological polar surface area (TPSA) is 63.7 Å². The molecule has 1 N–H and O–H groups in total. The van der Waals surface area contributed by atoms with Crippen molar-refractivity contribution < 1.29 is 14.3 Å². The molecule has 2 aliphatic rings. The molecule has 1 aromatic heterocycles. The molecule has 1 amide bonds. The van der Waals surface area contributed by atoms with Crippen LogP contribution in [-0.4, -0.2) is 54.2 Å². The van der Waals surface area contributed by atoms with Crippen LogP contribution in [0.5, 0.6) is 5.88 Å². The molecule has 6 nitrogen and oxygen atoms in total. The molecule has 4 rings (SSSR count). The predicted molar refractivity (Wildman–Crippen MR) is 106 cm³/mol. The van der Waals surface area contributed by atoms with Gasteiger partial charge in [0.05, 0.1) is 13.2 Å². The number of aromatic nitrogens is 1. The Morgan fingerprint density at radius 2 is 1.96 bits per heavy atom. The summed E-state index contributed by atoms with van der Waals surface area (Å²) < 4.78 is 11.2. The van der Waals surface area contributed by atoms with Crippen molar-refractivity contribution in [2.45, 2.75) is 38.0 Å². The molecule has 0 saturated carbocycles. The van der Waals surface area contributed by atoms with E-state index in [9.17, 15) is 4.79 Å². The lowest BCUT2D eigenvalue weighted by Crippen LogP contribution is -2.44. The van der Waals surface area contributed by atoms with Crippen LogP contribution in [0.15, 0.2) is 48.7 Å². The monoisotopic (exact) mass is 381 g/mol. The third kappa shape index (κ3) is 4.88. The molecule has 2 fully saturated rings. The molecule has 0 spiro atoms. The summed E-state index contributed by atoms with van der Waals surface area (Å²) in [7, 11) is 0. The quantitative estimate of drug-likeness (QED) is 0.833. The first-order valence-corrected chi connectivity index (χ1v) is 10.0. The van der Waals surface area contributed by atoms with Crippen LogP contribution in [0.1, 0.15) is 35.2 Å². The average molecular weight is 381 g/mol. The number of benzene rings is 1. The third-order valence-corrected chi connectivity index (χ3v) is 5.35. The first kappa shape index (κ1) is 18.9. The van der Waals surface area contributed by atoms with Crippen LogP contribution in [0.2, 0.25) is 0 Å². The van der Waals surface area contributed by atoms with Crippen molar-refractivity contribution in [2.24, 2.45) is 0 Å². The Morgan fingerprint density at radius 3 is 2.71 bits per heavy atom. The molecule has 2 aromatic rings. The summed E-state index contributed by atoms with van der Waals surface area (Å²) in [4.78, 5) is 19.5. The number of nitrogens with one attached hydrogen (secondary N) is 1. The van der Waals surface area contributed by atoms with E-state index in [1.54, 1.807) is 18.3 Å². The minimum absolute atomic E-state index is 0.0253. The highest BCUT2D eigenvalue weighted by Gasteiger charge is 2.25. The van der Waals surface area contributed by atoms with Gasteiger partial charge in [-0.05, 0) is 30.5 Å². The van der Waals surface area contributed by atoms with Gasteiger partial charge in [-0.25, -0.2) is 4.98 Å². The fourth-order valence-corrected chi connectivity index (χ4v) is 3.76. The van der Waals surface area contributed by atoms with E-state index in [4.69, 9.17) is 9.47 Å². The van der Waals surface area contributed by atoms with Gasteiger partial charge in [-0.2, -0.15) is 0 Å². The van der Waals surface area contributed by atoms with Gasteiger partial charge < -0.3 is 14.8 Å². The number of nitrogens with zero attached hydrogens (tertiary/aromatic N) is 2. The first-order chi connectivity index (χ1) is 13.8. The lowest BCUT2D eigenvalue weighted by Gasteiger charge is -2.32. The summed E-state index contributed by atoms with van der Waals surface area (Å²) in [6, 6.07) is 14.2. The number of rotatable bonds is 6. The largest absolute Gasteiger partial charge is 0.471 e. The molecule has 148 valence electrons. The van der Waals surface area contributed by atoms with Crippen LogP contribution in [-0.2, 0) is 11.3 Å². The van der Waals surface area contributed by atoms with Crippen molar-refractivity contribution in [2.75, 3.05) is 26.3 Å². The molecular formula is C22H27N3O3. The molecule has 0 radical (unpaired) electrons. The molecule has 0 aliphatic carbocycles. The lowest BCUT2D eigenvalue weighted by molar-refractivity contribution is 0.0896. The third-order valence-electron chi connectivity index (χ3n) is 5.35. The number of ether oxygens (including phenoxy) is 2. The number of piperidine rings is 1. The fourth-order valence-electron chi connectivity index (χ4n) is 3.76. The molecule has 28 heavy (non-hydrogen) atoms. The Kier molecular flexibility index (Phi) is 6.19. The molecule has 0 bridgehead atoms. The molecule has 2 saturated heterocycles. The van der Waals surface area contributed by atoms with E-state index >= 15 is 0 Å². The van der Waals surface area contributed by atoms with Gasteiger partial charge in [-0.15, -0.1) is 0 Å². The van der Waals surface area contributed by atoms with Crippen LogP contribution in [0.3, 0.4) is 0 Å². The maximum Gasteiger partial charge on any atom is 0.256 e. The van der Waals surface area contributed by atoms with Crippen molar-refractivity contribution in [3.63, 3.8) is 0 Å². The van der Waals surface area contributed by atoms with Crippen LogP contribution >= 0.6 is 0 Å². The van der Waals surface area contributed by atoms with Crippen LogP contribution in [0.25, 0.3) is 0 Å². The van der Waals surface area contributed by atoms with Crippen LogP contribution in [0.4, 0.5) is 0 Å². The van der Waals surface area contributed by atoms with Gasteiger partial charge in [-0.3, -0.25) is 9.69 Å². The summed E-state index contributed by atoms with van der Waals surface area (Å²) in [5, 5.41) is 3.17. The zero-order valence-electron chi connectivity index (χ0n) is 16.0. The normalized spacial score (nSPS) is 20.8. The number of hydrogen-bond donors (Lipinski definition) is 1. The van der Waals surface area contributed by atoms with Gasteiger partial charge in [0, 0.05) is 38.3 Å². The minimum Gasteiger partial charge on any atom is -0.471 e. The van der Waals surface area contributed by atoms with E-state index in [2.05, 4.69) is 39.5 Å². The van der Waals surface area contributed by atoms with E-state index in [-0.39, 0.29) is 18.1 Å². The highest BCUT2D eigenvalue weighted by atomic mass is 16.5. The second-order valence-electron chi connectivity index (χ2n) is 7.47. The highest BCUT2D eigenvalue weighted by molar-refractivity contribution is 5.96. The number of hydrogen-bond acceptors (Lipinski definition) is 5. The van der Waals surface area contributed by atoms with Gasteiger partial charge in [0.1, 0.15) is 11.7 Å². The van der Waals surface area contributed by atoms with Crippen molar-refractivity contribution in [1.82, 2.24) is 15.2 Å². The Hall–Kier alpha value is -2.44. The average Bonchev–Trinajstić information content (AvgIpc) is 3.24. The summed E-state index contributed by atoms with van der Waals surface area (Å²) in [5.41, 5.74) is 1.83. The van der Waals surface area contributed by atoms with E-state index in [1.165, 1.54) is 5.56 Å². The summed E-state index contributed by atoms with van der Waals surface area (Å²) >= 11 is 0. The second kappa shape index (κ2) is 9.17. The summed E-state index contributed by atoms with van der Waals surface area (Å²) in [5.74, 6) is 0.292. The van der Waals surface area contributed by atoms with Gasteiger partial charge in [0.2, 0.25) is 5.88 Å². The smallest absolute Gasteiger partial charge is 0.256 e. The van der Waals surface area contributed by atoms with Crippen LogP contribution in [0, 0.1) is 0 Å². The van der Waals surface area contributed by atoms with Crippen LogP contribution < -0.4 is 10.1 Å². The summed E-state index contributed by atoms with van der Waals surface area (Å²) in [6.45, 7) is 4.18. The van der Waals surface area contributed by atoms with Crippen molar-refractivity contribution >= 4 is 5.91 Å². The lowest BCUT2D eigenvalue weighted by atomic mass is 10.0. The number of amides is 1. The number of likely N-dealkylation sites (tertiary alicyclic amines) is 1. The number of pyridine rings is 1.